The molecule has 5 heterocycles. The highest BCUT2D eigenvalue weighted by Crippen LogP contribution is 2.44. The van der Waals surface area contributed by atoms with Crippen LogP contribution in [-0.2, 0) is 0 Å². The third-order valence-electron chi connectivity index (χ3n) is 10.1. The summed E-state index contributed by atoms with van der Waals surface area (Å²) in [5.41, 5.74) is 8.86. The molecule has 0 bridgehead atoms. The molecule has 0 amide bonds. The second-order valence-corrected chi connectivity index (χ2v) is 13.0. The van der Waals surface area contributed by atoms with Gasteiger partial charge in [0.1, 0.15) is 28.5 Å². The van der Waals surface area contributed by atoms with Crippen LogP contribution in [0.1, 0.15) is 0 Å². The molecule has 0 saturated carbocycles. The molecular weight excluding hydrogens is 641 g/mol. The van der Waals surface area contributed by atoms with Gasteiger partial charge in [-0.1, -0.05) is 66.7 Å². The Balaban J connectivity index is 1.16. The molecule has 0 unspecified atom stereocenters. The van der Waals surface area contributed by atoms with E-state index >= 15 is 0 Å². The van der Waals surface area contributed by atoms with Crippen LogP contribution in [0.4, 0.5) is 0 Å². The van der Waals surface area contributed by atoms with Gasteiger partial charge in [0.15, 0.2) is 0 Å². The molecule has 0 atom stereocenters. The predicted molar refractivity (Wildman–Crippen MR) is 210 cm³/mol. The maximum absolute atomic E-state index is 6.77. The number of aromatic nitrogens is 4. The summed E-state index contributed by atoms with van der Waals surface area (Å²) in [4.78, 5) is 9.50. The van der Waals surface area contributed by atoms with Gasteiger partial charge in [-0.25, -0.2) is 4.98 Å². The zero-order valence-electron chi connectivity index (χ0n) is 27.8. The Bertz CT molecular complexity index is 3140. The van der Waals surface area contributed by atoms with E-state index in [0.717, 1.165) is 72.4 Å². The van der Waals surface area contributed by atoms with Gasteiger partial charge in [0.2, 0.25) is 0 Å². The average Bonchev–Trinajstić information content (AvgIpc) is 3.86. The third-order valence-corrected chi connectivity index (χ3v) is 10.1. The maximum atomic E-state index is 6.77. The van der Waals surface area contributed by atoms with Crippen LogP contribution in [0.15, 0.2) is 175 Å². The van der Waals surface area contributed by atoms with Crippen LogP contribution in [0, 0.1) is 0 Å². The topological polar surface area (TPSA) is 58.0 Å². The Morgan fingerprint density at radius 3 is 1.98 bits per heavy atom. The van der Waals surface area contributed by atoms with E-state index in [1.807, 2.05) is 60.8 Å². The second-order valence-electron chi connectivity index (χ2n) is 13.0. The summed E-state index contributed by atoms with van der Waals surface area (Å²) >= 11 is 0. The Morgan fingerprint density at radius 2 is 1.17 bits per heavy atom. The number of nitrogens with zero attached hydrogens (tertiary/aromatic N) is 4. The van der Waals surface area contributed by atoms with Crippen molar-refractivity contribution in [3.05, 3.63) is 170 Å². The number of pyridine rings is 2. The fourth-order valence-corrected chi connectivity index (χ4v) is 7.91. The Morgan fingerprint density at radius 1 is 0.462 bits per heavy atom. The fourth-order valence-electron chi connectivity index (χ4n) is 7.91. The molecule has 244 valence electrons. The van der Waals surface area contributed by atoms with Gasteiger partial charge in [-0.3, -0.25) is 9.55 Å². The molecule has 0 saturated heterocycles. The molecule has 0 N–H and O–H groups in total. The first-order chi connectivity index (χ1) is 25.8. The molecule has 0 aliphatic heterocycles. The van der Waals surface area contributed by atoms with Crippen molar-refractivity contribution in [2.45, 2.75) is 0 Å². The lowest BCUT2D eigenvalue weighted by atomic mass is 10.0. The molecule has 0 aliphatic rings. The highest BCUT2D eigenvalue weighted by Gasteiger charge is 2.22. The SMILES string of the molecule is c1ccc(-n2c3ccccc3c3c4c5ccc(Oc6cc(-c7ccccn7)c7oc8ccccc8c7c6)cc5n(-c5ccccn5)c4ccc32)cc1. The summed E-state index contributed by atoms with van der Waals surface area (Å²) in [6.07, 6.45) is 3.65. The minimum Gasteiger partial charge on any atom is -0.457 e. The lowest BCUT2D eigenvalue weighted by Gasteiger charge is -2.11. The van der Waals surface area contributed by atoms with E-state index in [4.69, 9.17) is 14.1 Å². The standard InChI is InChI=1S/C46H28N4O2/c1-2-12-29(13-3-1)49-38-17-6-4-15-33(38)44-39(49)22-23-40-45(44)34-21-20-30(28-41(34)50(40)43-19-9-11-25-48-43)51-31-26-35-32-14-5-7-18-42(32)52-46(35)36(27-31)37-16-8-10-24-47-37/h1-28H. The van der Waals surface area contributed by atoms with Crippen LogP contribution < -0.4 is 4.74 Å². The van der Waals surface area contributed by atoms with Crippen molar-refractivity contribution in [2.75, 3.05) is 0 Å². The van der Waals surface area contributed by atoms with Crippen LogP contribution in [0.25, 0.3) is 88.3 Å². The lowest BCUT2D eigenvalue weighted by Crippen LogP contribution is -1.97. The van der Waals surface area contributed by atoms with Gasteiger partial charge >= 0.3 is 0 Å². The normalized spacial score (nSPS) is 11.8. The van der Waals surface area contributed by atoms with Crippen molar-refractivity contribution in [1.29, 1.82) is 0 Å². The lowest BCUT2D eigenvalue weighted by molar-refractivity contribution is 0.484. The number of hydrogen-bond acceptors (Lipinski definition) is 4. The van der Waals surface area contributed by atoms with Gasteiger partial charge in [0.25, 0.3) is 0 Å². The minimum atomic E-state index is 0.702. The Hall–Kier alpha value is -7.18. The van der Waals surface area contributed by atoms with Crippen LogP contribution in [0.2, 0.25) is 0 Å². The number of hydrogen-bond donors (Lipinski definition) is 0. The number of ether oxygens (including phenoxy) is 1. The average molecular weight is 669 g/mol. The summed E-state index contributed by atoms with van der Waals surface area (Å²) < 4.78 is 17.8. The van der Waals surface area contributed by atoms with Crippen LogP contribution >= 0.6 is 0 Å². The summed E-state index contributed by atoms with van der Waals surface area (Å²) in [5, 5.41) is 6.73. The largest absolute Gasteiger partial charge is 0.457 e. The fraction of sp³-hybridized carbons (Fsp3) is 0. The van der Waals surface area contributed by atoms with E-state index in [-0.39, 0.29) is 0 Å². The quantitative estimate of drug-likeness (QED) is 0.183. The van der Waals surface area contributed by atoms with Crippen molar-refractivity contribution in [1.82, 2.24) is 19.1 Å². The smallest absolute Gasteiger partial charge is 0.145 e. The van der Waals surface area contributed by atoms with Gasteiger partial charge in [0.05, 0.1) is 27.8 Å². The van der Waals surface area contributed by atoms with Crippen LogP contribution in [-0.4, -0.2) is 19.1 Å². The highest BCUT2D eigenvalue weighted by atomic mass is 16.5. The van der Waals surface area contributed by atoms with E-state index in [2.05, 4.69) is 117 Å². The molecule has 6 aromatic carbocycles. The number of para-hydroxylation sites is 3. The second kappa shape index (κ2) is 11.2. The van der Waals surface area contributed by atoms with Gasteiger partial charge in [-0.05, 0) is 84.9 Å². The first kappa shape index (κ1) is 28.6. The van der Waals surface area contributed by atoms with Crippen molar-refractivity contribution in [3.8, 4) is 34.3 Å². The summed E-state index contributed by atoms with van der Waals surface area (Å²) in [5.74, 6) is 2.26. The van der Waals surface area contributed by atoms with Crippen molar-refractivity contribution in [2.24, 2.45) is 0 Å². The predicted octanol–water partition coefficient (Wildman–Crippen LogP) is 12.0. The molecule has 0 aliphatic carbocycles. The molecule has 6 nitrogen and oxygen atoms in total. The van der Waals surface area contributed by atoms with Crippen molar-refractivity contribution in [3.63, 3.8) is 0 Å². The van der Waals surface area contributed by atoms with E-state index in [0.29, 0.717) is 5.75 Å². The summed E-state index contributed by atoms with van der Waals surface area (Å²) in [6, 6.07) is 54.2. The molecule has 52 heavy (non-hydrogen) atoms. The third kappa shape index (κ3) is 4.25. The summed E-state index contributed by atoms with van der Waals surface area (Å²) in [7, 11) is 0. The number of benzene rings is 6. The van der Waals surface area contributed by atoms with Crippen molar-refractivity contribution >= 4 is 65.6 Å². The zero-order chi connectivity index (χ0) is 34.2. The molecule has 5 aromatic heterocycles. The maximum Gasteiger partial charge on any atom is 0.145 e. The van der Waals surface area contributed by atoms with E-state index < -0.39 is 0 Å². The molecule has 0 spiro atoms. The first-order valence-corrected chi connectivity index (χ1v) is 17.3. The highest BCUT2D eigenvalue weighted by molar-refractivity contribution is 6.29. The van der Waals surface area contributed by atoms with E-state index in [1.54, 1.807) is 6.20 Å². The van der Waals surface area contributed by atoms with Crippen LogP contribution in [0.5, 0.6) is 11.5 Å². The number of furan rings is 1. The summed E-state index contributed by atoms with van der Waals surface area (Å²) in [6.45, 7) is 0. The van der Waals surface area contributed by atoms with E-state index in [1.165, 1.54) is 21.7 Å². The Labute approximate surface area is 297 Å². The van der Waals surface area contributed by atoms with Gasteiger partial charge in [0, 0.05) is 62.0 Å². The van der Waals surface area contributed by atoms with Gasteiger partial charge in [-0.15, -0.1) is 0 Å². The molecule has 0 radical (unpaired) electrons. The zero-order valence-corrected chi connectivity index (χ0v) is 27.8. The molecule has 6 heteroatoms. The Kier molecular flexibility index (Phi) is 6.15. The number of fused-ring (bicyclic) bond motifs is 10. The van der Waals surface area contributed by atoms with Crippen molar-refractivity contribution < 1.29 is 9.15 Å². The van der Waals surface area contributed by atoms with Gasteiger partial charge in [-0.2, -0.15) is 0 Å². The molecule has 11 aromatic rings. The first-order valence-electron chi connectivity index (χ1n) is 17.3. The van der Waals surface area contributed by atoms with Crippen LogP contribution in [0.3, 0.4) is 0 Å². The van der Waals surface area contributed by atoms with E-state index in [9.17, 15) is 0 Å². The minimum absolute atomic E-state index is 0.702. The number of rotatable bonds is 5. The van der Waals surface area contributed by atoms with Gasteiger partial charge < -0.3 is 13.7 Å². The monoisotopic (exact) mass is 668 g/mol. The molecular formula is C46H28N4O2. The molecule has 0 fully saturated rings. The molecule has 11 rings (SSSR count).